The predicted molar refractivity (Wildman–Crippen MR) is 67.4 cm³/mol. The zero-order valence-corrected chi connectivity index (χ0v) is 10.5. The third-order valence-electron chi connectivity index (χ3n) is 2.97. The van der Waals surface area contributed by atoms with E-state index in [0.29, 0.717) is 12.3 Å². The van der Waals surface area contributed by atoms with E-state index in [4.69, 9.17) is 9.52 Å². The van der Waals surface area contributed by atoms with Crippen LogP contribution in [-0.4, -0.2) is 29.1 Å². The van der Waals surface area contributed by atoms with Crippen LogP contribution in [0.3, 0.4) is 0 Å². The van der Waals surface area contributed by atoms with E-state index < -0.39 is 5.97 Å². The molecule has 1 fully saturated rings. The molecule has 1 aliphatic heterocycles. The van der Waals surface area contributed by atoms with E-state index in [9.17, 15) is 4.79 Å². The Balaban J connectivity index is 1.71. The zero-order valence-electron chi connectivity index (χ0n) is 9.65. The Bertz CT molecular complexity index is 372. The second-order valence-electron chi connectivity index (χ2n) is 4.29. The number of hydrogen-bond donors (Lipinski definition) is 2. The number of rotatable bonds is 5. The fraction of sp³-hybridized carbons (Fsp3) is 0.583. The second-order valence-corrected chi connectivity index (χ2v) is 5.52. The standard InChI is InChI=1S/C12H17NO3S/c14-12(15)10-5-11(16-8-10)7-13-6-9-1-3-17-4-2-9/h5,8-9,13H,1-4,6-7H2,(H,14,15). The fourth-order valence-corrected chi connectivity index (χ4v) is 3.14. The first kappa shape index (κ1) is 12.5. The van der Waals surface area contributed by atoms with Gasteiger partial charge in [0.2, 0.25) is 0 Å². The number of carbonyl (C=O) groups is 1. The lowest BCUT2D eigenvalue weighted by molar-refractivity contribution is 0.0696. The summed E-state index contributed by atoms with van der Waals surface area (Å²) in [5, 5.41) is 12.1. The molecule has 1 aromatic rings. The van der Waals surface area contributed by atoms with Crippen LogP contribution in [0.4, 0.5) is 0 Å². The summed E-state index contributed by atoms with van der Waals surface area (Å²) in [4.78, 5) is 10.7. The summed E-state index contributed by atoms with van der Waals surface area (Å²) in [7, 11) is 0. The maximum Gasteiger partial charge on any atom is 0.338 e. The minimum absolute atomic E-state index is 0.218. The molecule has 2 heterocycles. The quantitative estimate of drug-likeness (QED) is 0.844. The second kappa shape index (κ2) is 6.12. The van der Waals surface area contributed by atoms with Gasteiger partial charge in [-0.3, -0.25) is 0 Å². The van der Waals surface area contributed by atoms with Gasteiger partial charge in [-0.05, 0) is 42.9 Å². The highest BCUT2D eigenvalue weighted by atomic mass is 32.2. The third-order valence-corrected chi connectivity index (χ3v) is 4.02. The van der Waals surface area contributed by atoms with Crippen LogP contribution < -0.4 is 5.32 Å². The molecule has 2 rings (SSSR count). The molecule has 17 heavy (non-hydrogen) atoms. The number of aromatic carboxylic acids is 1. The highest BCUT2D eigenvalue weighted by molar-refractivity contribution is 7.99. The van der Waals surface area contributed by atoms with Gasteiger partial charge in [0, 0.05) is 0 Å². The monoisotopic (exact) mass is 255 g/mol. The van der Waals surface area contributed by atoms with Crippen LogP contribution in [0.15, 0.2) is 16.7 Å². The van der Waals surface area contributed by atoms with E-state index in [1.807, 2.05) is 11.8 Å². The van der Waals surface area contributed by atoms with Gasteiger partial charge >= 0.3 is 5.97 Å². The first-order valence-corrected chi connectivity index (χ1v) is 7.00. The molecule has 0 atom stereocenters. The van der Waals surface area contributed by atoms with Gasteiger partial charge in [0.15, 0.2) is 0 Å². The lowest BCUT2D eigenvalue weighted by Crippen LogP contribution is -2.25. The first-order chi connectivity index (χ1) is 8.25. The summed E-state index contributed by atoms with van der Waals surface area (Å²) in [6, 6.07) is 1.58. The largest absolute Gasteiger partial charge is 0.478 e. The molecule has 1 saturated heterocycles. The number of carboxylic acid groups (broad SMARTS) is 1. The van der Waals surface area contributed by atoms with Gasteiger partial charge in [0.25, 0.3) is 0 Å². The van der Waals surface area contributed by atoms with Crippen LogP contribution in [0.1, 0.15) is 29.0 Å². The van der Waals surface area contributed by atoms with Gasteiger partial charge in [-0.1, -0.05) is 0 Å². The molecule has 4 nitrogen and oxygen atoms in total. The number of thioether (sulfide) groups is 1. The van der Waals surface area contributed by atoms with Crippen molar-refractivity contribution in [2.45, 2.75) is 19.4 Å². The van der Waals surface area contributed by atoms with Gasteiger partial charge in [0.05, 0.1) is 12.1 Å². The molecule has 0 saturated carbocycles. The number of furan rings is 1. The van der Waals surface area contributed by atoms with Crippen molar-refractivity contribution >= 4 is 17.7 Å². The zero-order chi connectivity index (χ0) is 12.1. The minimum Gasteiger partial charge on any atom is -0.478 e. The van der Waals surface area contributed by atoms with Gasteiger partial charge in [-0.25, -0.2) is 4.79 Å². The van der Waals surface area contributed by atoms with Crippen LogP contribution in [-0.2, 0) is 6.54 Å². The minimum atomic E-state index is -0.940. The molecular weight excluding hydrogens is 238 g/mol. The molecule has 0 bridgehead atoms. The Morgan fingerprint density at radius 2 is 2.29 bits per heavy atom. The molecular formula is C12H17NO3S. The van der Waals surface area contributed by atoms with Crippen molar-refractivity contribution in [3.05, 3.63) is 23.7 Å². The smallest absolute Gasteiger partial charge is 0.338 e. The van der Waals surface area contributed by atoms with Gasteiger partial charge in [-0.15, -0.1) is 0 Å². The molecule has 1 aliphatic rings. The fourth-order valence-electron chi connectivity index (χ4n) is 1.94. The molecule has 94 valence electrons. The molecule has 0 aliphatic carbocycles. The van der Waals surface area contributed by atoms with Crippen molar-refractivity contribution in [1.29, 1.82) is 0 Å². The lowest BCUT2D eigenvalue weighted by Gasteiger charge is -2.21. The molecule has 0 amide bonds. The molecule has 5 heteroatoms. The highest BCUT2D eigenvalue weighted by Crippen LogP contribution is 2.21. The Morgan fingerprint density at radius 1 is 1.53 bits per heavy atom. The van der Waals surface area contributed by atoms with E-state index in [1.54, 1.807) is 6.07 Å². The molecule has 0 spiro atoms. The average Bonchev–Trinajstić information content (AvgIpc) is 2.79. The SMILES string of the molecule is O=C(O)c1coc(CNCC2CCSCC2)c1. The first-order valence-electron chi connectivity index (χ1n) is 5.85. The average molecular weight is 255 g/mol. The van der Waals surface area contributed by atoms with Crippen LogP contribution in [0.5, 0.6) is 0 Å². The van der Waals surface area contributed by atoms with Crippen molar-refractivity contribution in [3.8, 4) is 0 Å². The Hall–Kier alpha value is -0.940. The predicted octanol–water partition coefficient (Wildman–Crippen LogP) is 2.21. The Labute approximate surface area is 105 Å². The van der Waals surface area contributed by atoms with Crippen molar-refractivity contribution in [1.82, 2.24) is 5.32 Å². The Kier molecular flexibility index (Phi) is 4.50. The van der Waals surface area contributed by atoms with E-state index in [2.05, 4.69) is 5.32 Å². The van der Waals surface area contributed by atoms with E-state index in [-0.39, 0.29) is 5.56 Å². The highest BCUT2D eigenvalue weighted by Gasteiger charge is 2.13. The van der Waals surface area contributed by atoms with Gasteiger partial charge in [0.1, 0.15) is 12.0 Å². The van der Waals surface area contributed by atoms with Gasteiger partial charge < -0.3 is 14.8 Å². The topological polar surface area (TPSA) is 62.5 Å². The summed E-state index contributed by atoms with van der Waals surface area (Å²) in [6.45, 7) is 1.60. The van der Waals surface area contributed by atoms with E-state index >= 15 is 0 Å². The van der Waals surface area contributed by atoms with Crippen molar-refractivity contribution < 1.29 is 14.3 Å². The Morgan fingerprint density at radius 3 is 2.94 bits per heavy atom. The van der Waals surface area contributed by atoms with Crippen molar-refractivity contribution in [3.63, 3.8) is 0 Å². The summed E-state index contributed by atoms with van der Waals surface area (Å²) in [6.07, 6.45) is 3.84. The summed E-state index contributed by atoms with van der Waals surface area (Å²) < 4.78 is 5.17. The summed E-state index contributed by atoms with van der Waals surface area (Å²) >= 11 is 2.02. The van der Waals surface area contributed by atoms with E-state index in [1.165, 1.54) is 30.6 Å². The maximum atomic E-state index is 10.7. The molecule has 0 aromatic carbocycles. The number of hydrogen-bond acceptors (Lipinski definition) is 4. The number of nitrogens with one attached hydrogen (secondary N) is 1. The molecule has 1 aromatic heterocycles. The maximum absolute atomic E-state index is 10.7. The van der Waals surface area contributed by atoms with Crippen LogP contribution in [0.25, 0.3) is 0 Å². The van der Waals surface area contributed by atoms with Crippen LogP contribution in [0.2, 0.25) is 0 Å². The normalized spacial score (nSPS) is 17.2. The summed E-state index contributed by atoms with van der Waals surface area (Å²) in [5.41, 5.74) is 0.218. The molecule has 0 unspecified atom stereocenters. The van der Waals surface area contributed by atoms with Crippen molar-refractivity contribution in [2.24, 2.45) is 5.92 Å². The molecule has 2 N–H and O–H groups in total. The molecule has 0 radical (unpaired) electrons. The number of carboxylic acids is 1. The van der Waals surface area contributed by atoms with E-state index in [0.717, 1.165) is 12.5 Å². The van der Waals surface area contributed by atoms with Crippen LogP contribution in [0, 0.1) is 5.92 Å². The summed E-state index contributed by atoms with van der Waals surface area (Å²) in [5.74, 6) is 3.02. The van der Waals surface area contributed by atoms with Gasteiger partial charge in [-0.2, -0.15) is 11.8 Å². The van der Waals surface area contributed by atoms with Crippen LogP contribution >= 0.6 is 11.8 Å². The lowest BCUT2D eigenvalue weighted by atomic mass is 10.0. The third kappa shape index (κ3) is 3.78. The van der Waals surface area contributed by atoms with Crippen molar-refractivity contribution in [2.75, 3.05) is 18.1 Å².